The van der Waals surface area contributed by atoms with Crippen molar-refractivity contribution in [2.45, 2.75) is 18.8 Å². The topological polar surface area (TPSA) is 54.9 Å². The first-order chi connectivity index (χ1) is 9.13. The molecule has 3 rings (SSSR count). The summed E-state index contributed by atoms with van der Waals surface area (Å²) in [6.45, 7) is 0. The number of hydrogen-bond donors (Lipinski definition) is 1. The summed E-state index contributed by atoms with van der Waals surface area (Å²) >= 11 is 13.0. The van der Waals surface area contributed by atoms with Crippen LogP contribution in [0.1, 0.15) is 34.8 Å². The van der Waals surface area contributed by atoms with Crippen LogP contribution in [0.3, 0.4) is 0 Å². The fraction of sp³-hybridized carbons (Fsp3) is 0.250. The number of nitrogens with zero attached hydrogens (tertiary/aromatic N) is 2. The standard InChI is InChI=1S/C12H9Cl2N3OS/c13-8-3-7(4-15-10(8)14)11(18)17-12-16-9(5-19-12)6-1-2-6/h3-6H,1-2H2,(H,16,17,18). The Kier molecular flexibility index (Phi) is 3.43. The third-order valence-electron chi connectivity index (χ3n) is 2.80. The first kappa shape index (κ1) is 12.8. The Morgan fingerprint density at radius 1 is 1.42 bits per heavy atom. The monoisotopic (exact) mass is 313 g/mol. The fourth-order valence-electron chi connectivity index (χ4n) is 1.62. The predicted molar refractivity (Wildman–Crippen MR) is 76.3 cm³/mol. The highest BCUT2D eigenvalue weighted by atomic mass is 35.5. The maximum atomic E-state index is 12.0. The highest BCUT2D eigenvalue weighted by Gasteiger charge is 2.26. The van der Waals surface area contributed by atoms with Gasteiger partial charge in [0.05, 0.1) is 16.3 Å². The van der Waals surface area contributed by atoms with Crippen LogP contribution in [0.5, 0.6) is 0 Å². The van der Waals surface area contributed by atoms with Gasteiger partial charge < -0.3 is 0 Å². The first-order valence-corrected chi connectivity index (χ1v) is 7.35. The van der Waals surface area contributed by atoms with E-state index in [9.17, 15) is 4.79 Å². The number of hydrogen-bond acceptors (Lipinski definition) is 4. The van der Waals surface area contributed by atoms with Gasteiger partial charge in [-0.25, -0.2) is 9.97 Å². The highest BCUT2D eigenvalue weighted by Crippen LogP contribution is 2.40. The summed E-state index contributed by atoms with van der Waals surface area (Å²) in [5.41, 5.74) is 1.42. The van der Waals surface area contributed by atoms with Crippen LogP contribution in [0.2, 0.25) is 10.2 Å². The molecule has 0 saturated heterocycles. The van der Waals surface area contributed by atoms with Crippen LogP contribution in [0.4, 0.5) is 5.13 Å². The quantitative estimate of drug-likeness (QED) is 0.872. The normalized spacial score (nSPS) is 14.4. The van der Waals surface area contributed by atoms with Gasteiger partial charge in [-0.3, -0.25) is 10.1 Å². The van der Waals surface area contributed by atoms with Gasteiger partial charge in [-0.1, -0.05) is 23.2 Å². The molecule has 19 heavy (non-hydrogen) atoms. The van der Waals surface area contributed by atoms with Crippen LogP contribution in [-0.4, -0.2) is 15.9 Å². The van der Waals surface area contributed by atoms with Gasteiger partial charge >= 0.3 is 0 Å². The molecule has 1 N–H and O–H groups in total. The Morgan fingerprint density at radius 2 is 2.21 bits per heavy atom. The van der Waals surface area contributed by atoms with E-state index >= 15 is 0 Å². The van der Waals surface area contributed by atoms with Gasteiger partial charge in [-0.05, 0) is 18.9 Å². The van der Waals surface area contributed by atoms with E-state index in [2.05, 4.69) is 15.3 Å². The van der Waals surface area contributed by atoms with Crippen LogP contribution in [0.15, 0.2) is 17.6 Å². The molecule has 2 aromatic rings. The van der Waals surface area contributed by atoms with E-state index in [0.717, 1.165) is 5.69 Å². The molecule has 1 aliphatic carbocycles. The van der Waals surface area contributed by atoms with Crippen LogP contribution in [0, 0.1) is 0 Å². The number of pyridine rings is 1. The molecule has 0 spiro atoms. The Hall–Kier alpha value is -1.17. The van der Waals surface area contributed by atoms with E-state index < -0.39 is 0 Å². The molecule has 7 heteroatoms. The SMILES string of the molecule is O=C(Nc1nc(C2CC2)cs1)c1cnc(Cl)c(Cl)c1. The van der Waals surface area contributed by atoms with Crippen LogP contribution in [-0.2, 0) is 0 Å². The summed E-state index contributed by atoms with van der Waals surface area (Å²) in [6, 6.07) is 1.49. The zero-order valence-electron chi connectivity index (χ0n) is 9.69. The molecular formula is C12H9Cl2N3OS. The van der Waals surface area contributed by atoms with Gasteiger partial charge in [-0.15, -0.1) is 11.3 Å². The number of rotatable bonds is 3. The molecule has 1 amide bonds. The lowest BCUT2D eigenvalue weighted by Gasteiger charge is -2.02. The maximum Gasteiger partial charge on any atom is 0.259 e. The second kappa shape index (κ2) is 5.07. The third-order valence-corrected chi connectivity index (χ3v) is 4.26. The van der Waals surface area contributed by atoms with Crippen molar-refractivity contribution in [3.63, 3.8) is 0 Å². The number of aromatic nitrogens is 2. The van der Waals surface area contributed by atoms with Crippen molar-refractivity contribution in [1.82, 2.24) is 9.97 Å². The number of amides is 1. The Morgan fingerprint density at radius 3 is 2.89 bits per heavy atom. The number of thiazole rings is 1. The average molecular weight is 314 g/mol. The number of anilines is 1. The molecule has 0 aliphatic heterocycles. The molecule has 1 saturated carbocycles. The van der Waals surface area contributed by atoms with Crippen LogP contribution < -0.4 is 5.32 Å². The van der Waals surface area contributed by atoms with Gasteiger partial charge in [-0.2, -0.15) is 0 Å². The van der Waals surface area contributed by atoms with E-state index in [-0.39, 0.29) is 16.1 Å². The summed E-state index contributed by atoms with van der Waals surface area (Å²) in [6.07, 6.45) is 3.76. The van der Waals surface area contributed by atoms with Gasteiger partial charge in [0.15, 0.2) is 5.13 Å². The van der Waals surface area contributed by atoms with Gasteiger partial charge in [0.25, 0.3) is 5.91 Å². The van der Waals surface area contributed by atoms with Crippen molar-refractivity contribution in [2.24, 2.45) is 0 Å². The molecule has 98 valence electrons. The van der Waals surface area contributed by atoms with E-state index in [0.29, 0.717) is 16.6 Å². The lowest BCUT2D eigenvalue weighted by atomic mass is 10.3. The second-order valence-electron chi connectivity index (χ2n) is 4.30. The summed E-state index contributed by atoms with van der Waals surface area (Å²) in [4.78, 5) is 20.2. The van der Waals surface area contributed by atoms with Crippen molar-refractivity contribution < 1.29 is 4.79 Å². The minimum absolute atomic E-state index is 0.184. The molecule has 1 aliphatic rings. The Balaban J connectivity index is 1.74. The molecule has 2 heterocycles. The summed E-state index contributed by atoms with van der Waals surface area (Å²) in [5, 5.41) is 5.76. The third kappa shape index (κ3) is 2.88. The zero-order valence-corrected chi connectivity index (χ0v) is 12.0. The van der Waals surface area contributed by atoms with E-state index in [1.54, 1.807) is 0 Å². The molecule has 0 bridgehead atoms. The molecule has 0 unspecified atom stereocenters. The number of nitrogens with one attached hydrogen (secondary N) is 1. The predicted octanol–water partition coefficient (Wildman–Crippen LogP) is 3.97. The lowest BCUT2D eigenvalue weighted by Crippen LogP contribution is -2.12. The van der Waals surface area contributed by atoms with Gasteiger partial charge in [0.2, 0.25) is 0 Å². The van der Waals surface area contributed by atoms with Crippen molar-refractivity contribution in [3.8, 4) is 0 Å². The highest BCUT2D eigenvalue weighted by molar-refractivity contribution is 7.14. The van der Waals surface area contributed by atoms with E-state index in [1.165, 1.54) is 36.4 Å². The number of carbonyl (C=O) groups excluding carboxylic acids is 1. The summed E-state index contributed by atoms with van der Waals surface area (Å²) in [7, 11) is 0. The molecule has 0 atom stereocenters. The minimum atomic E-state index is -0.289. The average Bonchev–Trinajstić information content (AvgIpc) is 3.14. The van der Waals surface area contributed by atoms with Crippen molar-refractivity contribution >= 4 is 45.6 Å². The molecule has 2 aromatic heterocycles. The number of halogens is 2. The Bertz CT molecular complexity index is 640. The number of carbonyl (C=O) groups is 1. The second-order valence-corrected chi connectivity index (χ2v) is 5.93. The van der Waals surface area contributed by atoms with E-state index in [1.807, 2.05) is 5.38 Å². The molecule has 0 radical (unpaired) electrons. The lowest BCUT2D eigenvalue weighted by molar-refractivity contribution is 0.102. The largest absolute Gasteiger partial charge is 0.298 e. The Labute approximate surface area is 123 Å². The van der Waals surface area contributed by atoms with E-state index in [4.69, 9.17) is 23.2 Å². The minimum Gasteiger partial charge on any atom is -0.298 e. The molecule has 4 nitrogen and oxygen atoms in total. The molecule has 1 fully saturated rings. The zero-order chi connectivity index (χ0) is 13.4. The summed E-state index contributed by atoms with van der Waals surface area (Å²) in [5.74, 6) is 0.288. The summed E-state index contributed by atoms with van der Waals surface area (Å²) < 4.78 is 0. The van der Waals surface area contributed by atoms with Gasteiger partial charge in [0.1, 0.15) is 5.15 Å². The maximum absolute atomic E-state index is 12.0. The molecular weight excluding hydrogens is 305 g/mol. The van der Waals surface area contributed by atoms with Crippen molar-refractivity contribution in [1.29, 1.82) is 0 Å². The first-order valence-electron chi connectivity index (χ1n) is 5.71. The van der Waals surface area contributed by atoms with Crippen LogP contribution >= 0.6 is 34.5 Å². The van der Waals surface area contributed by atoms with Crippen molar-refractivity contribution in [2.75, 3.05) is 5.32 Å². The molecule has 0 aromatic carbocycles. The fourth-order valence-corrected chi connectivity index (χ4v) is 2.68. The van der Waals surface area contributed by atoms with Gasteiger partial charge in [0, 0.05) is 17.5 Å². The van der Waals surface area contributed by atoms with Crippen molar-refractivity contribution in [3.05, 3.63) is 39.1 Å². The van der Waals surface area contributed by atoms with Crippen LogP contribution in [0.25, 0.3) is 0 Å². The smallest absolute Gasteiger partial charge is 0.259 e.